The number of aromatic hydroxyl groups is 1. The van der Waals surface area contributed by atoms with Gasteiger partial charge in [0.05, 0.1) is 47.2 Å². The van der Waals surface area contributed by atoms with Gasteiger partial charge in [0.2, 0.25) is 11.4 Å². The summed E-state index contributed by atoms with van der Waals surface area (Å²) in [6.45, 7) is 7.69. The summed E-state index contributed by atoms with van der Waals surface area (Å²) in [4.78, 5) is 22.4. The van der Waals surface area contributed by atoms with E-state index in [1.54, 1.807) is 91.0 Å². The van der Waals surface area contributed by atoms with Crippen molar-refractivity contribution < 1.29 is 62.8 Å². The second kappa shape index (κ2) is 27.2. The van der Waals surface area contributed by atoms with Crippen LogP contribution in [-0.2, 0) is 45.7 Å². The summed E-state index contributed by atoms with van der Waals surface area (Å²) in [5, 5.41) is 58.9. The van der Waals surface area contributed by atoms with Crippen molar-refractivity contribution in [2.24, 2.45) is 40.9 Å². The van der Waals surface area contributed by atoms with Gasteiger partial charge in [-0.15, -0.1) is 35.5 Å². The molecule has 0 bridgehead atoms. The van der Waals surface area contributed by atoms with E-state index in [2.05, 4.69) is 46.2 Å². The molecule has 24 nitrogen and oxygen atoms in total. The molecule has 0 aliphatic rings. The molecule has 0 amide bonds. The van der Waals surface area contributed by atoms with E-state index in [-0.39, 0.29) is 41.8 Å². The number of aliphatic carboxylic acids is 1. The van der Waals surface area contributed by atoms with E-state index in [4.69, 9.17) is 35.1 Å². The molecule has 0 saturated carbocycles. The van der Waals surface area contributed by atoms with Crippen molar-refractivity contribution in [2.45, 2.75) is 39.0 Å². The van der Waals surface area contributed by atoms with Gasteiger partial charge in [-0.1, -0.05) is 22.8 Å². The Hall–Kier alpha value is -9.24. The fourth-order valence-corrected chi connectivity index (χ4v) is 7.31. The average molecular weight is 1090 g/mol. The number of nitrogens with zero attached hydrogens (tertiary/aromatic N) is 9. The topological polar surface area (TPSA) is 355 Å². The maximum absolute atomic E-state index is 12.1. The van der Waals surface area contributed by atoms with Crippen LogP contribution in [0.1, 0.15) is 28.7 Å². The quantitative estimate of drug-likeness (QED) is 0.0125. The molecule has 0 spiro atoms. The number of carboxylic acids is 1. The van der Waals surface area contributed by atoms with Crippen LogP contribution in [0.5, 0.6) is 5.75 Å². The van der Waals surface area contributed by atoms with Crippen molar-refractivity contribution >= 4 is 117 Å². The van der Waals surface area contributed by atoms with Gasteiger partial charge in [0.15, 0.2) is 5.75 Å². The molecule has 0 aliphatic heterocycles. The van der Waals surface area contributed by atoms with Gasteiger partial charge in [0, 0.05) is 35.3 Å². The van der Waals surface area contributed by atoms with Gasteiger partial charge in [0.25, 0.3) is 10.1 Å². The molecular formula is C49H43N10O14S3+. The molecule has 7 aromatic carbocycles. The molecule has 0 saturated heterocycles. The van der Waals surface area contributed by atoms with E-state index in [0.29, 0.717) is 56.3 Å². The van der Waals surface area contributed by atoms with Crippen LogP contribution in [-0.4, -0.2) is 73.8 Å². The summed E-state index contributed by atoms with van der Waals surface area (Å²) in [6, 6.07) is 35.6. The Kier molecular flexibility index (Phi) is 20.6. The van der Waals surface area contributed by atoms with Crippen LogP contribution in [0.2, 0.25) is 0 Å². The van der Waals surface area contributed by atoms with Crippen LogP contribution in [0, 0.1) is 27.7 Å². The number of carbonyl (C=O) groups excluding carboxylic acids is 1. The molecule has 7 aromatic rings. The Labute approximate surface area is 436 Å². The number of ether oxygens (including phenoxy) is 1. The Balaban J connectivity index is 0.00000124. The number of hydrogen-bond acceptors (Lipinski definition) is 21. The minimum atomic E-state index is -4.46. The van der Waals surface area contributed by atoms with Crippen LogP contribution < -0.4 is 9.89 Å². The second-order valence-electron chi connectivity index (χ2n) is 15.7. The van der Waals surface area contributed by atoms with E-state index in [1.807, 2.05) is 52.0 Å². The van der Waals surface area contributed by atoms with Gasteiger partial charge < -0.3 is 20.3 Å². The van der Waals surface area contributed by atoms with Gasteiger partial charge in [-0.25, -0.2) is 0 Å². The van der Waals surface area contributed by atoms with Crippen molar-refractivity contribution in [2.75, 3.05) is 18.7 Å². The summed E-state index contributed by atoms with van der Waals surface area (Å²) in [7, 11) is -10.7. The monoisotopic (exact) mass is 1090 g/mol. The van der Waals surface area contributed by atoms with Gasteiger partial charge in [-0.2, -0.15) is 43.9 Å². The van der Waals surface area contributed by atoms with E-state index in [9.17, 15) is 27.7 Å². The smallest absolute Gasteiger partial charge is 0.437 e. The first-order chi connectivity index (χ1) is 36.1. The first-order valence-corrected chi connectivity index (χ1v) is 25.2. The third-order valence-corrected chi connectivity index (χ3v) is 11.3. The normalized spacial score (nSPS) is 11.3. The fourth-order valence-electron chi connectivity index (χ4n) is 6.68. The molecule has 0 aliphatic carbocycles. The SMILES string of the molecule is Cc1cc(N=Nc2cc(C)c(N=Nc3ccc4cc([N+](=C=O)c5ccc(NCOCCC(=O)O)cc5)ccc4c3O)cc2C)ccc1N=Nc1ccc(N=Nc2ccccc2S(=O)(=O)O)c(C)c1.O=S(=O)=O.O=S(=O)=O. The Morgan fingerprint density at radius 1 is 0.592 bits per heavy atom. The number of rotatable bonds is 17. The Bertz CT molecular complexity index is 3810. The number of isocyanates is 1. The number of phenols is 1. The van der Waals surface area contributed by atoms with Crippen LogP contribution in [0.15, 0.2) is 173 Å². The number of azo groups is 4. The lowest BCUT2D eigenvalue weighted by Gasteiger charge is -2.07. The minimum Gasteiger partial charge on any atom is -0.505 e. The minimum absolute atomic E-state index is 0.0142. The van der Waals surface area contributed by atoms with Gasteiger partial charge in [-0.3, -0.25) is 9.35 Å². The summed E-state index contributed by atoms with van der Waals surface area (Å²) < 4.78 is 90.1. The highest BCUT2D eigenvalue weighted by molar-refractivity contribution is 7.86. The zero-order chi connectivity index (χ0) is 55.5. The third-order valence-electron chi connectivity index (χ3n) is 10.4. The first kappa shape index (κ1) is 57.7. The predicted molar refractivity (Wildman–Crippen MR) is 277 cm³/mol. The molecule has 76 heavy (non-hydrogen) atoms. The number of aryl methyl sites for hydroxylation is 4. The molecule has 0 heterocycles. The molecule has 7 rings (SSSR count). The molecule has 0 atom stereocenters. The highest BCUT2D eigenvalue weighted by Crippen LogP contribution is 2.39. The number of fused-ring (bicyclic) bond motifs is 1. The first-order valence-electron chi connectivity index (χ1n) is 21.8. The fraction of sp³-hybridized carbons (Fsp3) is 0.143. The molecule has 0 unspecified atom stereocenters. The summed E-state index contributed by atoms with van der Waals surface area (Å²) in [5.74, 6) is -1.01. The van der Waals surface area contributed by atoms with Crippen LogP contribution in [0.25, 0.3) is 10.8 Å². The van der Waals surface area contributed by atoms with Gasteiger partial charge in [0.1, 0.15) is 23.0 Å². The summed E-state index contributed by atoms with van der Waals surface area (Å²) in [6.07, 6.45) is 1.87. The summed E-state index contributed by atoms with van der Waals surface area (Å²) in [5.41, 5.74) is 8.75. The number of benzene rings is 7. The van der Waals surface area contributed by atoms with Crippen LogP contribution in [0.4, 0.5) is 62.6 Å². The van der Waals surface area contributed by atoms with E-state index >= 15 is 0 Å². The highest BCUT2D eigenvalue weighted by Gasteiger charge is 2.18. The lowest BCUT2D eigenvalue weighted by Crippen LogP contribution is -2.09. The van der Waals surface area contributed by atoms with E-state index < -0.39 is 37.3 Å². The maximum atomic E-state index is 12.1. The molecule has 390 valence electrons. The highest BCUT2D eigenvalue weighted by atomic mass is 32.2. The number of carbonyl (C=O) groups is 1. The number of nitrogens with one attached hydrogen (secondary N) is 1. The van der Waals surface area contributed by atoms with E-state index in [1.165, 1.54) is 22.8 Å². The molecular weight excluding hydrogens is 1050 g/mol. The van der Waals surface area contributed by atoms with Crippen molar-refractivity contribution in [3.05, 3.63) is 150 Å². The largest absolute Gasteiger partial charge is 0.505 e. The van der Waals surface area contributed by atoms with Crippen molar-refractivity contribution in [3.63, 3.8) is 0 Å². The second-order valence-corrected chi connectivity index (χ2v) is 17.9. The number of hydrogen-bond donors (Lipinski definition) is 4. The zero-order valence-corrected chi connectivity index (χ0v) is 42.8. The van der Waals surface area contributed by atoms with Gasteiger partial charge in [-0.05, 0) is 140 Å². The zero-order valence-electron chi connectivity index (χ0n) is 40.3. The number of anilines is 1. The average Bonchev–Trinajstić information content (AvgIpc) is 3.36. The molecule has 0 aromatic heterocycles. The van der Waals surface area contributed by atoms with Crippen molar-refractivity contribution in [1.29, 1.82) is 0 Å². The summed E-state index contributed by atoms with van der Waals surface area (Å²) >= 11 is 0. The molecule has 0 radical (unpaired) electrons. The van der Waals surface area contributed by atoms with Crippen LogP contribution in [0.3, 0.4) is 0 Å². The number of carboxylic acid groups (broad SMARTS) is 1. The van der Waals surface area contributed by atoms with Gasteiger partial charge >= 0.3 is 33.3 Å². The van der Waals surface area contributed by atoms with Crippen LogP contribution >= 0.6 is 0 Å². The van der Waals surface area contributed by atoms with Crippen molar-refractivity contribution in [1.82, 2.24) is 4.58 Å². The third kappa shape index (κ3) is 17.2. The Morgan fingerprint density at radius 3 is 1.61 bits per heavy atom. The molecule has 4 N–H and O–H groups in total. The van der Waals surface area contributed by atoms with Crippen molar-refractivity contribution in [3.8, 4) is 5.75 Å². The predicted octanol–water partition coefficient (Wildman–Crippen LogP) is 11.7. The lowest BCUT2D eigenvalue weighted by atomic mass is 10.1. The lowest BCUT2D eigenvalue weighted by molar-refractivity contribution is -0.138. The maximum Gasteiger partial charge on any atom is 0.437 e. The standard InChI is InChI=1S/C49H42N10O8S.2O3S/c1-30-23-37(12-19-41(30)53-51-36-13-20-42(31(2)24-36)54-55-43-7-5-6-8-47(43)68(64,65)66)52-57-45-25-33(4)46(26-32(45)3)58-56-44-18-9-34-27-39(16-17-40(34)49(44)63)59(29-60)38-14-10-35(11-15-38)50-28-67-22-21-48(61)62;2*1-4(2)3/h5-20,23-27,50H,21-22,28H2,1-4H3,(H2-,51,52,55,58,61,62,63,64,65,66);;/p+1. The molecule has 0 fully saturated rings. The molecule has 27 heteroatoms. The number of phenolic OH excluding ortho intramolecular Hbond substituents is 1. The Morgan fingerprint density at radius 2 is 1.07 bits per heavy atom. The van der Waals surface area contributed by atoms with E-state index in [0.717, 1.165) is 27.9 Å².